The van der Waals surface area contributed by atoms with Gasteiger partial charge in [-0.25, -0.2) is 0 Å². The first-order valence-corrected chi connectivity index (χ1v) is 10.7. The van der Waals surface area contributed by atoms with Crippen LogP contribution < -0.4 is 14.2 Å². The Bertz CT molecular complexity index is 1100. The SMILES string of the molecule is COc1ccc(OCCSc2nnc(-c3ccncc3)n2-c2ccc(OC)cc2)cc1. The molecule has 7 nitrogen and oxygen atoms in total. The Labute approximate surface area is 185 Å². The largest absolute Gasteiger partial charge is 0.497 e. The van der Waals surface area contributed by atoms with E-state index < -0.39 is 0 Å². The highest BCUT2D eigenvalue weighted by molar-refractivity contribution is 7.99. The molecule has 4 rings (SSSR count). The molecule has 0 fully saturated rings. The highest BCUT2D eigenvalue weighted by Crippen LogP contribution is 2.28. The van der Waals surface area contributed by atoms with E-state index in [0.29, 0.717) is 6.61 Å². The first-order valence-electron chi connectivity index (χ1n) is 9.68. The third kappa shape index (κ3) is 4.97. The van der Waals surface area contributed by atoms with Crippen LogP contribution in [0.2, 0.25) is 0 Å². The zero-order chi connectivity index (χ0) is 21.5. The number of hydrogen-bond acceptors (Lipinski definition) is 7. The highest BCUT2D eigenvalue weighted by atomic mass is 32.2. The molecule has 0 bridgehead atoms. The predicted octanol–water partition coefficient (Wildman–Crippen LogP) is 4.52. The summed E-state index contributed by atoms with van der Waals surface area (Å²) in [6, 6.07) is 19.2. The van der Waals surface area contributed by atoms with Gasteiger partial charge in [-0.1, -0.05) is 11.8 Å². The molecule has 8 heteroatoms. The first-order chi connectivity index (χ1) is 15.3. The molecule has 0 unspecified atom stereocenters. The van der Waals surface area contributed by atoms with E-state index in [-0.39, 0.29) is 0 Å². The van der Waals surface area contributed by atoms with Crippen LogP contribution in [0.15, 0.2) is 78.2 Å². The van der Waals surface area contributed by atoms with E-state index in [9.17, 15) is 0 Å². The van der Waals surface area contributed by atoms with E-state index in [2.05, 4.69) is 15.2 Å². The van der Waals surface area contributed by atoms with Crippen molar-refractivity contribution in [2.45, 2.75) is 5.16 Å². The van der Waals surface area contributed by atoms with Crippen LogP contribution in [0.5, 0.6) is 17.2 Å². The lowest BCUT2D eigenvalue weighted by Gasteiger charge is -2.11. The number of ether oxygens (including phenoxy) is 3. The van der Waals surface area contributed by atoms with Crippen LogP contribution in [0.25, 0.3) is 17.1 Å². The number of methoxy groups -OCH3 is 2. The molecule has 2 aromatic heterocycles. The molecule has 0 aliphatic rings. The second-order valence-electron chi connectivity index (χ2n) is 6.45. The lowest BCUT2D eigenvalue weighted by Crippen LogP contribution is -2.03. The minimum absolute atomic E-state index is 0.539. The van der Waals surface area contributed by atoms with Gasteiger partial charge < -0.3 is 14.2 Å². The summed E-state index contributed by atoms with van der Waals surface area (Å²) in [7, 11) is 3.30. The monoisotopic (exact) mass is 434 g/mol. The van der Waals surface area contributed by atoms with E-state index in [4.69, 9.17) is 14.2 Å². The smallest absolute Gasteiger partial charge is 0.196 e. The fraction of sp³-hybridized carbons (Fsp3) is 0.174. The molecule has 0 saturated carbocycles. The summed E-state index contributed by atoms with van der Waals surface area (Å²) in [5.41, 5.74) is 1.90. The Balaban J connectivity index is 1.51. The predicted molar refractivity (Wildman–Crippen MR) is 120 cm³/mol. The number of rotatable bonds is 9. The molecule has 0 amide bonds. The Morgan fingerprint density at radius 3 is 2.03 bits per heavy atom. The Morgan fingerprint density at radius 1 is 0.774 bits per heavy atom. The summed E-state index contributed by atoms with van der Waals surface area (Å²) < 4.78 is 18.3. The molecular formula is C23H22N4O3S. The number of thioether (sulfide) groups is 1. The second kappa shape index (κ2) is 9.99. The number of hydrogen-bond donors (Lipinski definition) is 0. The van der Waals surface area contributed by atoms with Gasteiger partial charge in [0.1, 0.15) is 17.2 Å². The van der Waals surface area contributed by atoms with Crippen molar-refractivity contribution in [3.63, 3.8) is 0 Å². The minimum Gasteiger partial charge on any atom is -0.497 e. The van der Waals surface area contributed by atoms with Gasteiger partial charge in [0, 0.05) is 29.4 Å². The van der Waals surface area contributed by atoms with Gasteiger partial charge in [-0.2, -0.15) is 0 Å². The van der Waals surface area contributed by atoms with E-state index in [1.165, 1.54) is 0 Å². The van der Waals surface area contributed by atoms with Crippen LogP contribution in [0.4, 0.5) is 0 Å². The molecule has 0 atom stereocenters. The van der Waals surface area contributed by atoms with Gasteiger partial charge in [0.15, 0.2) is 11.0 Å². The number of pyridine rings is 1. The molecule has 0 N–H and O–H groups in total. The van der Waals surface area contributed by atoms with Gasteiger partial charge in [-0.15, -0.1) is 10.2 Å². The lowest BCUT2D eigenvalue weighted by molar-refractivity contribution is 0.342. The van der Waals surface area contributed by atoms with Gasteiger partial charge in [0.05, 0.1) is 20.8 Å². The summed E-state index contributed by atoms with van der Waals surface area (Å²) in [5, 5.41) is 9.66. The summed E-state index contributed by atoms with van der Waals surface area (Å²) in [4.78, 5) is 4.10. The van der Waals surface area contributed by atoms with Crippen LogP contribution in [-0.2, 0) is 0 Å². The maximum absolute atomic E-state index is 5.84. The zero-order valence-corrected chi connectivity index (χ0v) is 18.1. The van der Waals surface area contributed by atoms with Gasteiger partial charge in [-0.05, 0) is 60.7 Å². The molecule has 2 aromatic carbocycles. The van der Waals surface area contributed by atoms with Crippen molar-refractivity contribution in [3.05, 3.63) is 73.1 Å². The highest BCUT2D eigenvalue weighted by Gasteiger charge is 2.16. The number of nitrogens with zero attached hydrogens (tertiary/aromatic N) is 4. The molecule has 0 aliphatic heterocycles. The van der Waals surface area contributed by atoms with E-state index in [1.54, 1.807) is 38.4 Å². The standard InChI is InChI=1S/C23H22N4O3S/c1-28-19-5-3-18(4-6-19)27-22(17-11-13-24-14-12-17)25-26-23(27)31-16-15-30-21-9-7-20(29-2)8-10-21/h3-14H,15-16H2,1-2H3. The first kappa shape index (κ1) is 20.7. The van der Waals surface area contributed by atoms with Gasteiger partial charge >= 0.3 is 0 Å². The Kier molecular flexibility index (Phi) is 6.68. The van der Waals surface area contributed by atoms with Crippen LogP contribution in [0, 0.1) is 0 Å². The van der Waals surface area contributed by atoms with E-state index in [1.807, 2.05) is 65.2 Å². The molecule has 0 spiro atoms. The van der Waals surface area contributed by atoms with Crippen molar-refractivity contribution in [1.82, 2.24) is 19.7 Å². The van der Waals surface area contributed by atoms with Gasteiger partial charge in [-0.3, -0.25) is 9.55 Å². The summed E-state index contributed by atoms with van der Waals surface area (Å²) in [5.74, 6) is 3.88. The zero-order valence-electron chi connectivity index (χ0n) is 17.3. The Morgan fingerprint density at radius 2 is 1.39 bits per heavy atom. The third-order valence-corrected chi connectivity index (χ3v) is 5.44. The van der Waals surface area contributed by atoms with E-state index >= 15 is 0 Å². The fourth-order valence-electron chi connectivity index (χ4n) is 2.98. The van der Waals surface area contributed by atoms with E-state index in [0.717, 1.165) is 45.2 Å². The normalized spacial score (nSPS) is 10.6. The molecule has 31 heavy (non-hydrogen) atoms. The average molecular weight is 435 g/mol. The molecule has 4 aromatic rings. The van der Waals surface area contributed by atoms with Crippen LogP contribution >= 0.6 is 11.8 Å². The molecule has 0 aliphatic carbocycles. The molecular weight excluding hydrogens is 412 g/mol. The van der Waals surface area contributed by atoms with Crippen LogP contribution in [0.3, 0.4) is 0 Å². The minimum atomic E-state index is 0.539. The van der Waals surface area contributed by atoms with Crippen molar-refractivity contribution in [2.75, 3.05) is 26.6 Å². The second-order valence-corrected chi connectivity index (χ2v) is 7.51. The Hall–Kier alpha value is -3.52. The lowest BCUT2D eigenvalue weighted by atomic mass is 10.2. The van der Waals surface area contributed by atoms with Crippen LogP contribution in [-0.4, -0.2) is 46.3 Å². The van der Waals surface area contributed by atoms with Crippen molar-refractivity contribution in [2.24, 2.45) is 0 Å². The number of benzene rings is 2. The molecule has 2 heterocycles. The van der Waals surface area contributed by atoms with Gasteiger partial charge in [0.25, 0.3) is 0 Å². The number of aromatic nitrogens is 4. The topological polar surface area (TPSA) is 71.3 Å². The third-order valence-electron chi connectivity index (χ3n) is 4.55. The quantitative estimate of drug-likeness (QED) is 0.283. The maximum atomic E-state index is 5.84. The van der Waals surface area contributed by atoms with Crippen LogP contribution in [0.1, 0.15) is 0 Å². The molecule has 0 saturated heterocycles. The van der Waals surface area contributed by atoms with Crippen molar-refractivity contribution in [1.29, 1.82) is 0 Å². The van der Waals surface area contributed by atoms with Crippen molar-refractivity contribution >= 4 is 11.8 Å². The van der Waals surface area contributed by atoms with Crippen molar-refractivity contribution < 1.29 is 14.2 Å². The average Bonchev–Trinajstić information content (AvgIpc) is 3.26. The summed E-state index contributed by atoms with van der Waals surface area (Å²) in [6.45, 7) is 0.539. The van der Waals surface area contributed by atoms with Crippen molar-refractivity contribution in [3.8, 4) is 34.3 Å². The fourth-order valence-corrected chi connectivity index (χ4v) is 3.75. The molecule has 0 radical (unpaired) electrons. The van der Waals surface area contributed by atoms with Gasteiger partial charge in [0.2, 0.25) is 0 Å². The molecule has 158 valence electrons. The summed E-state index contributed by atoms with van der Waals surface area (Å²) in [6.07, 6.45) is 3.50. The maximum Gasteiger partial charge on any atom is 0.196 e. The summed E-state index contributed by atoms with van der Waals surface area (Å²) >= 11 is 1.59.